The fourth-order valence-corrected chi connectivity index (χ4v) is 1.75. The predicted octanol–water partition coefficient (Wildman–Crippen LogP) is 1.49. The lowest BCUT2D eigenvalue weighted by molar-refractivity contribution is 0.112. The monoisotopic (exact) mass is 197 g/mol. The molecule has 0 radical (unpaired) electrons. The van der Waals surface area contributed by atoms with Crippen molar-refractivity contribution >= 4 is 11.6 Å². The molecular weight excluding hydrogens is 186 g/mol. The predicted molar refractivity (Wildman–Crippen MR) is 52.7 cm³/mol. The number of hydrogen-bond donors (Lipinski definition) is 0. The maximum atomic E-state index is 5.70. The second-order valence-electron chi connectivity index (χ2n) is 3.35. The molecule has 0 bridgehead atoms. The molecule has 1 aliphatic heterocycles. The minimum Gasteiger partial charge on any atom is -0.294 e. The minimum absolute atomic E-state index is 0.519. The summed E-state index contributed by atoms with van der Waals surface area (Å²) in [7, 11) is 0. The van der Waals surface area contributed by atoms with Gasteiger partial charge in [0.15, 0.2) is 0 Å². The molecule has 1 saturated heterocycles. The van der Waals surface area contributed by atoms with Crippen LogP contribution in [0.3, 0.4) is 0 Å². The van der Waals surface area contributed by atoms with Gasteiger partial charge in [-0.05, 0) is 6.07 Å². The SMILES string of the molecule is C=C(Cl)CN1CC(n2cccn2)C1. The number of rotatable bonds is 3. The number of halogens is 1. The van der Waals surface area contributed by atoms with Gasteiger partial charge in [0.25, 0.3) is 0 Å². The van der Waals surface area contributed by atoms with E-state index in [1.807, 2.05) is 23.1 Å². The molecule has 2 heterocycles. The van der Waals surface area contributed by atoms with E-state index in [9.17, 15) is 0 Å². The van der Waals surface area contributed by atoms with E-state index in [0.717, 1.165) is 19.6 Å². The van der Waals surface area contributed by atoms with Crippen molar-refractivity contribution in [3.63, 3.8) is 0 Å². The van der Waals surface area contributed by atoms with Crippen LogP contribution in [-0.2, 0) is 0 Å². The molecule has 1 aromatic heterocycles. The van der Waals surface area contributed by atoms with Gasteiger partial charge in [-0.3, -0.25) is 9.58 Å². The van der Waals surface area contributed by atoms with Crippen molar-refractivity contribution in [1.29, 1.82) is 0 Å². The number of nitrogens with zero attached hydrogens (tertiary/aromatic N) is 3. The summed E-state index contributed by atoms with van der Waals surface area (Å²) in [6, 6.07) is 2.47. The minimum atomic E-state index is 0.519. The number of aromatic nitrogens is 2. The highest BCUT2D eigenvalue weighted by molar-refractivity contribution is 6.29. The first kappa shape index (κ1) is 8.78. The van der Waals surface area contributed by atoms with Crippen molar-refractivity contribution in [2.75, 3.05) is 19.6 Å². The van der Waals surface area contributed by atoms with E-state index in [1.165, 1.54) is 0 Å². The van der Waals surface area contributed by atoms with E-state index in [0.29, 0.717) is 11.1 Å². The summed E-state index contributed by atoms with van der Waals surface area (Å²) in [6.45, 7) is 6.50. The van der Waals surface area contributed by atoms with E-state index < -0.39 is 0 Å². The number of likely N-dealkylation sites (tertiary alicyclic amines) is 1. The Morgan fingerprint density at radius 1 is 1.62 bits per heavy atom. The Morgan fingerprint density at radius 3 is 2.92 bits per heavy atom. The Hall–Kier alpha value is -0.800. The van der Waals surface area contributed by atoms with Crippen LogP contribution in [0.2, 0.25) is 0 Å². The highest BCUT2D eigenvalue weighted by Crippen LogP contribution is 2.21. The second-order valence-corrected chi connectivity index (χ2v) is 3.89. The summed E-state index contributed by atoms with van der Waals surface area (Å²) in [5.74, 6) is 0. The molecular formula is C9H12ClN3. The average molecular weight is 198 g/mol. The Morgan fingerprint density at radius 2 is 2.38 bits per heavy atom. The molecule has 1 fully saturated rings. The Balaban J connectivity index is 1.82. The lowest BCUT2D eigenvalue weighted by atomic mass is 10.1. The van der Waals surface area contributed by atoms with E-state index in [4.69, 9.17) is 11.6 Å². The van der Waals surface area contributed by atoms with Crippen LogP contribution >= 0.6 is 11.6 Å². The lowest BCUT2D eigenvalue weighted by Gasteiger charge is -2.38. The lowest BCUT2D eigenvalue weighted by Crippen LogP contribution is -2.48. The van der Waals surface area contributed by atoms with Crippen molar-refractivity contribution in [2.24, 2.45) is 0 Å². The van der Waals surface area contributed by atoms with Gasteiger partial charge in [-0.1, -0.05) is 18.2 Å². The Labute approximate surface area is 82.6 Å². The van der Waals surface area contributed by atoms with Crippen LogP contribution in [0.1, 0.15) is 6.04 Å². The van der Waals surface area contributed by atoms with Gasteiger partial charge >= 0.3 is 0 Å². The first-order chi connectivity index (χ1) is 6.25. The third-order valence-electron chi connectivity index (χ3n) is 2.23. The van der Waals surface area contributed by atoms with Crippen molar-refractivity contribution in [3.8, 4) is 0 Å². The van der Waals surface area contributed by atoms with Gasteiger partial charge in [0.2, 0.25) is 0 Å². The van der Waals surface area contributed by atoms with Gasteiger partial charge in [0.1, 0.15) is 0 Å². The van der Waals surface area contributed by atoms with Gasteiger partial charge < -0.3 is 0 Å². The van der Waals surface area contributed by atoms with Crippen LogP contribution in [0.25, 0.3) is 0 Å². The average Bonchev–Trinajstić information content (AvgIpc) is 2.46. The summed E-state index contributed by atoms with van der Waals surface area (Å²) in [5, 5.41) is 4.89. The molecule has 0 atom stereocenters. The first-order valence-corrected chi connectivity index (χ1v) is 4.68. The maximum absolute atomic E-state index is 5.70. The molecule has 0 spiro atoms. The molecule has 0 unspecified atom stereocenters. The smallest absolute Gasteiger partial charge is 0.0773 e. The van der Waals surface area contributed by atoms with Crippen LogP contribution in [0, 0.1) is 0 Å². The van der Waals surface area contributed by atoms with Crippen molar-refractivity contribution in [3.05, 3.63) is 30.1 Å². The fourth-order valence-electron chi connectivity index (χ4n) is 1.58. The molecule has 1 aliphatic rings. The van der Waals surface area contributed by atoms with Gasteiger partial charge in [-0.25, -0.2) is 0 Å². The summed E-state index contributed by atoms with van der Waals surface area (Å²) in [4.78, 5) is 2.25. The van der Waals surface area contributed by atoms with Gasteiger partial charge in [-0.15, -0.1) is 0 Å². The van der Waals surface area contributed by atoms with Crippen LogP contribution < -0.4 is 0 Å². The van der Waals surface area contributed by atoms with Gasteiger partial charge in [0, 0.05) is 37.1 Å². The van der Waals surface area contributed by atoms with Crippen LogP contribution in [-0.4, -0.2) is 34.3 Å². The summed E-state index contributed by atoms with van der Waals surface area (Å²) in [5.41, 5.74) is 0. The second kappa shape index (κ2) is 3.52. The highest BCUT2D eigenvalue weighted by atomic mass is 35.5. The molecule has 0 aliphatic carbocycles. The Kier molecular flexibility index (Phi) is 2.38. The van der Waals surface area contributed by atoms with Crippen LogP contribution in [0.15, 0.2) is 30.1 Å². The molecule has 70 valence electrons. The van der Waals surface area contributed by atoms with Crippen molar-refractivity contribution in [2.45, 2.75) is 6.04 Å². The van der Waals surface area contributed by atoms with Crippen LogP contribution in [0.5, 0.6) is 0 Å². The van der Waals surface area contributed by atoms with Crippen molar-refractivity contribution < 1.29 is 0 Å². The zero-order valence-corrected chi connectivity index (χ0v) is 8.11. The van der Waals surface area contributed by atoms with E-state index in [1.54, 1.807) is 0 Å². The van der Waals surface area contributed by atoms with Gasteiger partial charge in [-0.2, -0.15) is 5.10 Å². The van der Waals surface area contributed by atoms with Crippen LogP contribution in [0.4, 0.5) is 0 Å². The van der Waals surface area contributed by atoms with E-state index in [2.05, 4.69) is 16.6 Å². The topological polar surface area (TPSA) is 21.1 Å². The summed E-state index contributed by atoms with van der Waals surface area (Å²) in [6.07, 6.45) is 3.81. The first-order valence-electron chi connectivity index (χ1n) is 4.30. The molecule has 1 aromatic rings. The van der Waals surface area contributed by atoms with Crippen molar-refractivity contribution in [1.82, 2.24) is 14.7 Å². The normalized spacial score (nSPS) is 18.5. The largest absolute Gasteiger partial charge is 0.294 e. The van der Waals surface area contributed by atoms with E-state index in [-0.39, 0.29) is 0 Å². The zero-order valence-electron chi connectivity index (χ0n) is 7.36. The third kappa shape index (κ3) is 1.92. The number of hydrogen-bond acceptors (Lipinski definition) is 2. The molecule has 2 rings (SSSR count). The standard InChI is InChI=1S/C9H12ClN3/c1-8(10)5-12-6-9(7-12)13-4-2-3-11-13/h2-4,9H,1,5-7H2. The molecule has 3 nitrogen and oxygen atoms in total. The molecule has 0 saturated carbocycles. The van der Waals surface area contributed by atoms with Gasteiger partial charge in [0.05, 0.1) is 6.04 Å². The van der Waals surface area contributed by atoms with E-state index >= 15 is 0 Å². The summed E-state index contributed by atoms with van der Waals surface area (Å²) < 4.78 is 1.99. The Bertz CT molecular complexity index is 288. The highest BCUT2D eigenvalue weighted by Gasteiger charge is 2.27. The summed E-state index contributed by atoms with van der Waals surface area (Å²) >= 11 is 5.70. The molecule has 4 heteroatoms. The molecule has 0 amide bonds. The molecule has 0 aromatic carbocycles. The fraction of sp³-hybridized carbons (Fsp3) is 0.444. The molecule has 13 heavy (non-hydrogen) atoms. The molecule has 0 N–H and O–H groups in total. The quantitative estimate of drug-likeness (QED) is 0.732. The maximum Gasteiger partial charge on any atom is 0.0773 e. The third-order valence-corrected chi connectivity index (χ3v) is 2.35. The zero-order chi connectivity index (χ0) is 9.26.